The van der Waals surface area contributed by atoms with E-state index in [2.05, 4.69) is 10.3 Å². The van der Waals surface area contributed by atoms with Crippen LogP contribution >= 0.6 is 11.3 Å². The summed E-state index contributed by atoms with van der Waals surface area (Å²) in [5.41, 5.74) is 2.32. The average molecular weight is 496 g/mol. The minimum atomic E-state index is -3.87. The number of nitrogens with one attached hydrogen (secondary N) is 1. The smallest absolute Gasteiger partial charge is 0.244 e. The van der Waals surface area contributed by atoms with Crippen LogP contribution in [-0.4, -0.2) is 46.4 Å². The zero-order chi connectivity index (χ0) is 23.9. The molecule has 1 aromatic heterocycles. The number of phenols is 2. The molecule has 1 fully saturated rings. The first kappa shape index (κ1) is 22.3. The number of sulfonamides is 1. The van der Waals surface area contributed by atoms with Crippen LogP contribution in [0.2, 0.25) is 0 Å². The van der Waals surface area contributed by atoms with Gasteiger partial charge in [0.1, 0.15) is 6.04 Å². The number of anilines is 1. The molecule has 1 saturated heterocycles. The molecule has 1 aliphatic rings. The molecule has 0 bridgehead atoms. The summed E-state index contributed by atoms with van der Waals surface area (Å²) in [5, 5.41) is 22.3. The number of carbonyl (C=O) groups excluding carboxylic acids is 1. The highest BCUT2D eigenvalue weighted by atomic mass is 32.2. The Kier molecular flexibility index (Phi) is 5.72. The molecule has 3 N–H and O–H groups in total. The van der Waals surface area contributed by atoms with Crippen molar-refractivity contribution >= 4 is 42.6 Å². The summed E-state index contributed by atoms with van der Waals surface area (Å²) < 4.78 is 28.5. The molecule has 1 aliphatic heterocycles. The lowest BCUT2D eigenvalue weighted by Gasteiger charge is -2.23. The summed E-state index contributed by atoms with van der Waals surface area (Å²) in [4.78, 5) is 17.4. The molecule has 0 aliphatic carbocycles. The minimum absolute atomic E-state index is 0.137. The molecule has 1 atom stereocenters. The maximum atomic E-state index is 13.3. The highest BCUT2D eigenvalue weighted by molar-refractivity contribution is 7.89. The molecule has 3 aromatic carbocycles. The highest BCUT2D eigenvalue weighted by Crippen LogP contribution is 2.35. The van der Waals surface area contributed by atoms with Crippen LogP contribution in [0.15, 0.2) is 71.6 Å². The number of amides is 1. The van der Waals surface area contributed by atoms with Gasteiger partial charge in [0.05, 0.1) is 15.1 Å². The first-order valence-electron chi connectivity index (χ1n) is 10.6. The van der Waals surface area contributed by atoms with E-state index in [0.29, 0.717) is 23.1 Å². The van der Waals surface area contributed by atoms with E-state index in [1.54, 1.807) is 24.3 Å². The van der Waals surface area contributed by atoms with E-state index in [4.69, 9.17) is 0 Å². The van der Waals surface area contributed by atoms with Crippen molar-refractivity contribution in [2.24, 2.45) is 0 Å². The van der Waals surface area contributed by atoms with Crippen LogP contribution in [0.25, 0.3) is 21.3 Å². The van der Waals surface area contributed by atoms with Gasteiger partial charge in [-0.25, -0.2) is 13.4 Å². The van der Waals surface area contributed by atoms with Gasteiger partial charge in [-0.05, 0) is 36.1 Å². The highest BCUT2D eigenvalue weighted by Gasteiger charge is 2.39. The van der Waals surface area contributed by atoms with Gasteiger partial charge in [0.15, 0.2) is 16.6 Å². The number of phenolic OH excluding ortho intramolecular Hbond substituents is 2. The number of thiazole rings is 1. The van der Waals surface area contributed by atoms with Gasteiger partial charge in [-0.15, -0.1) is 0 Å². The molecule has 1 amide bonds. The summed E-state index contributed by atoms with van der Waals surface area (Å²) in [6.07, 6.45) is 0.973. The Morgan fingerprint density at radius 3 is 2.41 bits per heavy atom. The van der Waals surface area contributed by atoms with Crippen molar-refractivity contribution in [1.82, 2.24) is 9.29 Å². The number of nitrogens with zero attached hydrogens (tertiary/aromatic N) is 2. The third-order valence-corrected chi connectivity index (χ3v) is 8.65. The molecule has 5 rings (SSSR count). The Bertz CT molecular complexity index is 1430. The van der Waals surface area contributed by atoms with E-state index in [1.807, 2.05) is 30.3 Å². The molecule has 8 nitrogen and oxygen atoms in total. The molecule has 0 radical (unpaired) electrons. The van der Waals surface area contributed by atoms with Crippen LogP contribution in [0.4, 0.5) is 5.13 Å². The molecule has 34 heavy (non-hydrogen) atoms. The Morgan fingerprint density at radius 1 is 1.00 bits per heavy atom. The van der Waals surface area contributed by atoms with Crippen molar-refractivity contribution in [1.29, 1.82) is 0 Å². The number of aromatic nitrogens is 1. The number of benzene rings is 3. The third-order valence-electron chi connectivity index (χ3n) is 5.79. The van der Waals surface area contributed by atoms with E-state index < -0.39 is 22.0 Å². The van der Waals surface area contributed by atoms with Gasteiger partial charge in [-0.3, -0.25) is 4.79 Å². The Hall–Kier alpha value is -3.47. The lowest BCUT2D eigenvalue weighted by molar-refractivity contribution is -0.119. The average Bonchev–Trinajstić information content (AvgIpc) is 3.47. The van der Waals surface area contributed by atoms with Crippen LogP contribution in [0.1, 0.15) is 12.8 Å². The van der Waals surface area contributed by atoms with E-state index in [9.17, 15) is 23.4 Å². The van der Waals surface area contributed by atoms with E-state index in [1.165, 1.54) is 16.4 Å². The number of carbonyl (C=O) groups is 1. The van der Waals surface area contributed by atoms with Crippen molar-refractivity contribution in [2.45, 2.75) is 23.8 Å². The SMILES string of the molecule is O=C(Nc1nc2cc(O)c(O)cc2s1)[C@H]1CCCN1S(=O)(=O)c1ccc(-c2ccccc2)cc1. The van der Waals surface area contributed by atoms with Crippen molar-refractivity contribution in [2.75, 3.05) is 11.9 Å². The van der Waals surface area contributed by atoms with Crippen LogP contribution in [0.5, 0.6) is 11.5 Å². The fraction of sp³-hybridized carbons (Fsp3) is 0.167. The number of aromatic hydroxyl groups is 2. The molecule has 174 valence electrons. The van der Waals surface area contributed by atoms with E-state index >= 15 is 0 Å². The first-order valence-corrected chi connectivity index (χ1v) is 12.9. The van der Waals surface area contributed by atoms with Crippen molar-refractivity contribution < 1.29 is 23.4 Å². The molecule has 4 aromatic rings. The number of hydrogen-bond acceptors (Lipinski definition) is 7. The second-order valence-corrected chi connectivity index (χ2v) is 10.9. The second kappa shape index (κ2) is 8.71. The molecule has 2 heterocycles. The van der Waals surface area contributed by atoms with Gasteiger partial charge >= 0.3 is 0 Å². The van der Waals surface area contributed by atoms with Gasteiger partial charge in [0.2, 0.25) is 15.9 Å². The Balaban J connectivity index is 1.36. The maximum Gasteiger partial charge on any atom is 0.244 e. The lowest BCUT2D eigenvalue weighted by Crippen LogP contribution is -2.43. The molecule has 0 spiro atoms. The lowest BCUT2D eigenvalue weighted by atomic mass is 10.1. The topological polar surface area (TPSA) is 120 Å². The Labute approximate surface area is 200 Å². The molecular weight excluding hydrogens is 474 g/mol. The quantitative estimate of drug-likeness (QED) is 0.358. The van der Waals surface area contributed by atoms with Crippen LogP contribution in [-0.2, 0) is 14.8 Å². The number of rotatable bonds is 5. The summed E-state index contributed by atoms with van der Waals surface area (Å²) in [6, 6.07) is 18.1. The van der Waals surface area contributed by atoms with Gasteiger partial charge < -0.3 is 15.5 Å². The molecule has 0 unspecified atom stereocenters. The van der Waals surface area contributed by atoms with Crippen LogP contribution < -0.4 is 5.32 Å². The fourth-order valence-electron chi connectivity index (χ4n) is 4.07. The van der Waals surface area contributed by atoms with Crippen LogP contribution in [0.3, 0.4) is 0 Å². The van der Waals surface area contributed by atoms with Gasteiger partial charge in [0.25, 0.3) is 0 Å². The van der Waals surface area contributed by atoms with Crippen molar-refractivity contribution in [3.05, 3.63) is 66.7 Å². The van der Waals surface area contributed by atoms with Gasteiger partial charge in [-0.2, -0.15) is 4.31 Å². The second-order valence-electron chi connectivity index (χ2n) is 7.98. The summed E-state index contributed by atoms with van der Waals surface area (Å²) in [7, 11) is -3.87. The predicted octanol–water partition coefficient (Wildman–Crippen LogP) is 4.17. The number of hydrogen-bond donors (Lipinski definition) is 3. The van der Waals surface area contributed by atoms with Crippen molar-refractivity contribution in [3.8, 4) is 22.6 Å². The summed E-state index contributed by atoms with van der Waals surface area (Å²) >= 11 is 1.13. The summed E-state index contributed by atoms with van der Waals surface area (Å²) in [5.74, 6) is -1.04. The normalized spacial score (nSPS) is 16.6. The fourth-order valence-corrected chi connectivity index (χ4v) is 6.61. The van der Waals surface area contributed by atoms with Crippen molar-refractivity contribution in [3.63, 3.8) is 0 Å². The monoisotopic (exact) mass is 495 g/mol. The van der Waals surface area contributed by atoms with Gasteiger partial charge in [-0.1, -0.05) is 53.8 Å². The maximum absolute atomic E-state index is 13.3. The standard InChI is InChI=1S/C24H21N3O5S2/c28-20-13-18-22(14-21(20)29)33-24(25-18)26-23(30)19-7-4-12-27(19)34(31,32)17-10-8-16(9-11-17)15-5-2-1-3-6-15/h1-3,5-6,8-11,13-14,19,28-29H,4,7,12H2,(H,25,26,30)/t19-/m1/s1. The van der Waals surface area contributed by atoms with Gasteiger partial charge in [0, 0.05) is 18.7 Å². The molecule has 10 heteroatoms. The Morgan fingerprint density at radius 2 is 1.68 bits per heavy atom. The molecular formula is C24H21N3O5S2. The first-order chi connectivity index (χ1) is 16.3. The van der Waals surface area contributed by atoms with Crippen LogP contribution in [0, 0.1) is 0 Å². The zero-order valence-corrected chi connectivity index (χ0v) is 19.5. The molecule has 0 saturated carbocycles. The number of fused-ring (bicyclic) bond motifs is 1. The van der Waals surface area contributed by atoms with E-state index in [0.717, 1.165) is 22.5 Å². The predicted molar refractivity (Wildman–Crippen MR) is 130 cm³/mol. The third kappa shape index (κ3) is 4.11. The van der Waals surface area contributed by atoms with E-state index in [-0.39, 0.29) is 28.1 Å². The largest absolute Gasteiger partial charge is 0.504 e. The zero-order valence-electron chi connectivity index (χ0n) is 17.9. The minimum Gasteiger partial charge on any atom is -0.504 e. The summed E-state index contributed by atoms with van der Waals surface area (Å²) in [6.45, 7) is 0.252.